The third kappa shape index (κ3) is 5.84. The van der Waals surface area contributed by atoms with E-state index in [0.29, 0.717) is 26.2 Å². The quantitative estimate of drug-likeness (QED) is 0.794. The molecule has 2 N–H and O–H groups in total. The molecule has 0 bridgehead atoms. The predicted molar refractivity (Wildman–Crippen MR) is 103 cm³/mol. The van der Waals surface area contributed by atoms with Crippen molar-refractivity contribution in [1.29, 1.82) is 0 Å². The summed E-state index contributed by atoms with van der Waals surface area (Å²) in [6, 6.07) is 6.44. The molecule has 0 aromatic heterocycles. The number of nitrogens with zero attached hydrogens (tertiary/aromatic N) is 2. The summed E-state index contributed by atoms with van der Waals surface area (Å²) in [5.74, 6) is -0.362. The zero-order valence-corrected chi connectivity index (χ0v) is 15.8. The molecule has 1 saturated heterocycles. The topological polar surface area (TPSA) is 64.7 Å². The molecule has 27 heavy (non-hydrogen) atoms. The van der Waals surface area contributed by atoms with Crippen LogP contribution in [0, 0.1) is 5.82 Å². The standard InChI is InChI=1S/C20H29FN4O2/c21-16-7-9-18(10-8-16)24-11-13-25(14-12-24)20(27)22-15-19(26)23-17-5-3-1-2-4-6-17/h7-10,17H,1-6,11-15H2,(H,22,27)(H,23,26). The third-order valence-electron chi connectivity index (χ3n) is 5.38. The van der Waals surface area contributed by atoms with Crippen molar-refractivity contribution in [3.05, 3.63) is 30.1 Å². The number of halogens is 1. The molecule has 3 rings (SSSR count). The van der Waals surface area contributed by atoms with Crippen molar-refractivity contribution < 1.29 is 14.0 Å². The fourth-order valence-corrected chi connectivity index (χ4v) is 3.79. The van der Waals surface area contributed by atoms with E-state index in [-0.39, 0.29) is 30.3 Å². The summed E-state index contributed by atoms with van der Waals surface area (Å²) in [6.07, 6.45) is 6.88. The Kier molecular flexibility index (Phi) is 6.90. The highest BCUT2D eigenvalue weighted by atomic mass is 19.1. The van der Waals surface area contributed by atoms with Crippen molar-refractivity contribution in [2.45, 2.75) is 44.6 Å². The lowest BCUT2D eigenvalue weighted by Crippen LogP contribution is -2.53. The molecule has 148 valence electrons. The molecule has 0 atom stereocenters. The summed E-state index contributed by atoms with van der Waals surface area (Å²) in [5.41, 5.74) is 0.958. The van der Waals surface area contributed by atoms with Gasteiger partial charge in [0, 0.05) is 37.9 Å². The molecule has 6 nitrogen and oxygen atoms in total. The zero-order valence-electron chi connectivity index (χ0n) is 15.8. The van der Waals surface area contributed by atoms with Crippen LogP contribution < -0.4 is 15.5 Å². The van der Waals surface area contributed by atoms with Crippen molar-refractivity contribution in [2.75, 3.05) is 37.6 Å². The second-order valence-electron chi connectivity index (χ2n) is 7.37. The van der Waals surface area contributed by atoms with Gasteiger partial charge in [-0.05, 0) is 37.1 Å². The van der Waals surface area contributed by atoms with Crippen molar-refractivity contribution >= 4 is 17.6 Å². The number of piperazine rings is 1. The molecule has 7 heteroatoms. The smallest absolute Gasteiger partial charge is 0.317 e. The van der Waals surface area contributed by atoms with E-state index in [0.717, 1.165) is 31.4 Å². The minimum atomic E-state index is -0.251. The van der Waals surface area contributed by atoms with Gasteiger partial charge in [0.05, 0.1) is 6.54 Å². The fraction of sp³-hybridized carbons (Fsp3) is 0.600. The maximum Gasteiger partial charge on any atom is 0.317 e. The first-order valence-corrected chi connectivity index (χ1v) is 9.94. The Morgan fingerprint density at radius 2 is 1.59 bits per heavy atom. The van der Waals surface area contributed by atoms with Crippen molar-refractivity contribution in [3.63, 3.8) is 0 Å². The van der Waals surface area contributed by atoms with Crippen LogP contribution in [-0.2, 0) is 4.79 Å². The lowest BCUT2D eigenvalue weighted by Gasteiger charge is -2.36. The number of carbonyl (C=O) groups is 2. The third-order valence-corrected chi connectivity index (χ3v) is 5.38. The number of benzene rings is 1. The van der Waals surface area contributed by atoms with Crippen LogP contribution in [0.3, 0.4) is 0 Å². The molecular weight excluding hydrogens is 347 g/mol. The van der Waals surface area contributed by atoms with Gasteiger partial charge in [-0.1, -0.05) is 25.7 Å². The Morgan fingerprint density at radius 3 is 2.22 bits per heavy atom. The molecule has 1 heterocycles. The molecule has 1 aliphatic carbocycles. The molecule has 1 aromatic carbocycles. The number of hydrogen-bond acceptors (Lipinski definition) is 3. The van der Waals surface area contributed by atoms with Gasteiger partial charge in [0.25, 0.3) is 0 Å². The van der Waals surface area contributed by atoms with E-state index in [2.05, 4.69) is 15.5 Å². The maximum absolute atomic E-state index is 13.0. The van der Waals surface area contributed by atoms with Gasteiger partial charge < -0.3 is 20.4 Å². The average molecular weight is 376 g/mol. The molecule has 2 fully saturated rings. The van der Waals surface area contributed by atoms with Crippen molar-refractivity contribution in [1.82, 2.24) is 15.5 Å². The van der Waals surface area contributed by atoms with Crippen LogP contribution in [0.15, 0.2) is 24.3 Å². The lowest BCUT2D eigenvalue weighted by atomic mass is 10.1. The van der Waals surface area contributed by atoms with E-state index in [1.54, 1.807) is 17.0 Å². The SMILES string of the molecule is O=C(CNC(=O)N1CCN(c2ccc(F)cc2)CC1)NC1CCCCCC1. The number of hydrogen-bond donors (Lipinski definition) is 2. The van der Waals surface area contributed by atoms with Gasteiger partial charge in [0.15, 0.2) is 0 Å². The van der Waals surface area contributed by atoms with Gasteiger partial charge in [-0.25, -0.2) is 9.18 Å². The average Bonchev–Trinajstić information content (AvgIpc) is 2.95. The first kappa shape index (κ1) is 19.5. The van der Waals surface area contributed by atoms with E-state index >= 15 is 0 Å². The maximum atomic E-state index is 13.0. The van der Waals surface area contributed by atoms with E-state index in [1.807, 2.05) is 0 Å². The summed E-state index contributed by atoms with van der Waals surface area (Å²) in [6.45, 7) is 2.55. The van der Waals surface area contributed by atoms with E-state index in [1.165, 1.54) is 25.0 Å². The Bertz CT molecular complexity index is 621. The molecule has 2 aliphatic rings. The Balaban J connectivity index is 1.37. The summed E-state index contributed by atoms with van der Waals surface area (Å²) in [7, 11) is 0. The number of carbonyl (C=O) groups excluding carboxylic acids is 2. The highest BCUT2D eigenvalue weighted by Crippen LogP contribution is 2.18. The highest BCUT2D eigenvalue weighted by molar-refractivity contribution is 5.84. The van der Waals surface area contributed by atoms with Crippen LogP contribution in [0.4, 0.5) is 14.9 Å². The minimum absolute atomic E-state index is 0.0213. The number of amides is 3. The molecule has 1 saturated carbocycles. The van der Waals surface area contributed by atoms with Gasteiger partial charge in [0.2, 0.25) is 5.91 Å². The van der Waals surface area contributed by atoms with Crippen molar-refractivity contribution in [2.24, 2.45) is 0 Å². The Morgan fingerprint density at radius 1 is 0.963 bits per heavy atom. The molecule has 1 aliphatic heterocycles. The van der Waals surface area contributed by atoms with Crippen LogP contribution in [0.2, 0.25) is 0 Å². The molecule has 0 spiro atoms. The van der Waals surface area contributed by atoms with Crippen LogP contribution in [-0.4, -0.2) is 55.6 Å². The zero-order chi connectivity index (χ0) is 19.1. The van der Waals surface area contributed by atoms with E-state index in [9.17, 15) is 14.0 Å². The van der Waals surface area contributed by atoms with Crippen LogP contribution in [0.25, 0.3) is 0 Å². The minimum Gasteiger partial charge on any atom is -0.368 e. The van der Waals surface area contributed by atoms with Gasteiger partial charge >= 0.3 is 6.03 Å². The highest BCUT2D eigenvalue weighted by Gasteiger charge is 2.22. The summed E-state index contributed by atoms with van der Waals surface area (Å²) in [5, 5.41) is 5.77. The molecular formula is C20H29FN4O2. The number of anilines is 1. The monoisotopic (exact) mass is 376 g/mol. The second kappa shape index (κ2) is 9.58. The predicted octanol–water partition coefficient (Wildman–Crippen LogP) is 2.50. The van der Waals surface area contributed by atoms with Crippen LogP contribution in [0.1, 0.15) is 38.5 Å². The number of urea groups is 1. The Labute approximate surface area is 160 Å². The first-order valence-electron chi connectivity index (χ1n) is 9.94. The normalized spacial score (nSPS) is 18.7. The largest absolute Gasteiger partial charge is 0.368 e. The summed E-state index contributed by atoms with van der Waals surface area (Å²) < 4.78 is 13.0. The van der Waals surface area contributed by atoms with Crippen LogP contribution in [0.5, 0.6) is 0 Å². The molecule has 1 aromatic rings. The number of nitrogens with one attached hydrogen (secondary N) is 2. The van der Waals surface area contributed by atoms with E-state index < -0.39 is 0 Å². The van der Waals surface area contributed by atoms with Crippen LogP contribution >= 0.6 is 0 Å². The van der Waals surface area contributed by atoms with Gasteiger partial charge in [-0.2, -0.15) is 0 Å². The molecule has 0 unspecified atom stereocenters. The Hall–Kier alpha value is -2.31. The van der Waals surface area contributed by atoms with Gasteiger partial charge in [-0.3, -0.25) is 4.79 Å². The number of rotatable bonds is 4. The van der Waals surface area contributed by atoms with Gasteiger partial charge in [0.1, 0.15) is 5.82 Å². The lowest BCUT2D eigenvalue weighted by molar-refractivity contribution is -0.120. The van der Waals surface area contributed by atoms with E-state index in [4.69, 9.17) is 0 Å². The fourth-order valence-electron chi connectivity index (χ4n) is 3.79. The van der Waals surface area contributed by atoms with Crippen molar-refractivity contribution in [3.8, 4) is 0 Å². The van der Waals surface area contributed by atoms with Gasteiger partial charge in [-0.15, -0.1) is 0 Å². The summed E-state index contributed by atoms with van der Waals surface area (Å²) in [4.78, 5) is 28.2. The molecule has 0 radical (unpaired) electrons. The summed E-state index contributed by atoms with van der Waals surface area (Å²) >= 11 is 0. The second-order valence-corrected chi connectivity index (χ2v) is 7.37. The first-order chi connectivity index (χ1) is 13.1. The molecule has 3 amide bonds.